The fourth-order valence-electron chi connectivity index (χ4n) is 7.19. The summed E-state index contributed by atoms with van der Waals surface area (Å²) in [6.07, 6.45) is 6.41. The predicted molar refractivity (Wildman–Crippen MR) is 198 cm³/mol. The van der Waals surface area contributed by atoms with Crippen LogP contribution in [0.4, 0.5) is 0 Å². The van der Waals surface area contributed by atoms with Crippen LogP contribution in [-0.2, 0) is 83.0 Å². The summed E-state index contributed by atoms with van der Waals surface area (Å²) in [7, 11) is 0. The number of hydrogen-bond donors (Lipinski definition) is 0. The average molecular weight is 850 g/mol. The topological polar surface area (TPSA) is 54.0 Å². The summed E-state index contributed by atoms with van der Waals surface area (Å²) in [5.41, 5.74) is 7.63. The molecule has 262 valence electrons. The summed E-state index contributed by atoms with van der Waals surface area (Å²) >= 11 is 1.33. The molecule has 0 N–H and O–H groups in total. The van der Waals surface area contributed by atoms with Crippen LogP contribution in [0.1, 0.15) is 63.8 Å². The van der Waals surface area contributed by atoms with Gasteiger partial charge < -0.3 is 21.2 Å². The molecule has 0 bridgehead atoms. The van der Waals surface area contributed by atoms with Crippen molar-refractivity contribution in [2.24, 2.45) is 0 Å². The van der Waals surface area contributed by atoms with Gasteiger partial charge in [-0.05, 0) is 102 Å². The summed E-state index contributed by atoms with van der Waals surface area (Å²) in [6.45, 7) is 3.69. The summed E-state index contributed by atoms with van der Waals surface area (Å²) in [5, 5.41) is 0. The van der Waals surface area contributed by atoms with Crippen molar-refractivity contribution in [3.63, 3.8) is 0 Å². The first-order valence-corrected chi connectivity index (χ1v) is 19.8. The monoisotopic (exact) mass is 849 g/mol. The van der Waals surface area contributed by atoms with Crippen molar-refractivity contribution in [2.75, 3.05) is 0 Å². The van der Waals surface area contributed by atoms with E-state index in [0.29, 0.717) is 6.42 Å². The summed E-state index contributed by atoms with van der Waals surface area (Å²) in [5.74, 6) is 0.631. The van der Waals surface area contributed by atoms with Gasteiger partial charge in [0.2, 0.25) is 11.9 Å². The molecule has 0 fully saturated rings. The van der Waals surface area contributed by atoms with Crippen molar-refractivity contribution in [1.82, 2.24) is 0 Å². The van der Waals surface area contributed by atoms with Gasteiger partial charge in [0.15, 0.2) is 0 Å². The predicted octanol–water partition coefficient (Wildman–Crippen LogP) is 8.85. The molecule has 6 heteroatoms. The number of ether oxygens (including phenoxy) is 2. The molecule has 51 heavy (non-hydrogen) atoms. The van der Waals surface area contributed by atoms with Gasteiger partial charge >= 0.3 is 24.3 Å². The molecule has 5 aromatic carbocycles. The summed E-state index contributed by atoms with van der Waals surface area (Å²) < 4.78 is 14.2. The van der Waals surface area contributed by atoms with Crippen molar-refractivity contribution in [3.05, 3.63) is 179 Å². The maximum atomic E-state index is 11.5. The number of hydrogen-bond acceptors (Lipinski definition) is 5. The van der Waals surface area contributed by atoms with Crippen molar-refractivity contribution >= 4 is 10.7 Å². The van der Waals surface area contributed by atoms with Crippen LogP contribution in [0.5, 0.6) is 5.75 Å². The van der Waals surface area contributed by atoms with Crippen molar-refractivity contribution in [1.29, 1.82) is 0 Å². The number of benzene rings is 5. The third kappa shape index (κ3) is 9.03. The molecule has 5 aromatic rings. The zero-order chi connectivity index (χ0) is 35.5. The Morgan fingerprint density at radius 3 is 1.98 bits per heavy atom. The van der Waals surface area contributed by atoms with Gasteiger partial charge in [-0.1, -0.05) is 115 Å². The standard InChI is InChI=1S/C44H43O5.CH2.W/c1-32(45)28-33-20-22-34(23-21-33)31-46-49-44(39-16-4-2-5-17-39,40-18-6-3-7-19-40)43(47-41-26-24-35-12-8-10-14-37(35)29-41)48-42-27-25-36-13-9-11-15-38(36)30-42;;/h2-8,10,12,14,16-23,25,27,30,41,43H,1,9,11,13,15,24,26,28-29,31H2;1H2;/q-1;;. The quantitative estimate of drug-likeness (QED) is 0.0514. The molecule has 0 aromatic heterocycles. The second kappa shape index (κ2) is 17.9. The van der Waals surface area contributed by atoms with Gasteiger partial charge in [-0.2, -0.15) is 0 Å². The van der Waals surface area contributed by atoms with Crippen LogP contribution < -0.4 is 4.74 Å². The average Bonchev–Trinajstić information content (AvgIpc) is 3.18. The number of ketones is 1. The molecule has 7 rings (SSSR count). The van der Waals surface area contributed by atoms with Gasteiger partial charge in [-0.3, -0.25) is 0 Å². The van der Waals surface area contributed by atoms with Crippen molar-refractivity contribution < 1.29 is 43.4 Å². The van der Waals surface area contributed by atoms with Crippen molar-refractivity contribution in [3.8, 4) is 5.75 Å². The molecule has 2 atom stereocenters. The Balaban J connectivity index is 0.00000220. The fraction of sp³-hybridized carbons (Fsp3) is 0.267. The van der Waals surface area contributed by atoms with E-state index in [2.05, 4.69) is 54.3 Å². The van der Waals surface area contributed by atoms with Crippen LogP contribution in [0, 0.1) is 6.92 Å². The molecule has 2 aliphatic rings. The molecule has 5 nitrogen and oxygen atoms in total. The third-order valence-electron chi connectivity index (χ3n) is 9.76. The van der Waals surface area contributed by atoms with Gasteiger partial charge in [0.05, 0.1) is 6.10 Å². The molecule has 2 unspecified atom stereocenters. The Hall–Kier alpha value is -4.12. The van der Waals surface area contributed by atoms with Gasteiger partial charge in [-0.15, -0.1) is 0 Å². The first-order valence-electron chi connectivity index (χ1n) is 17.7. The van der Waals surface area contributed by atoms with Crippen LogP contribution in [-0.4, -0.2) is 23.1 Å². The van der Waals surface area contributed by atoms with Crippen LogP contribution in [0.2, 0.25) is 0 Å². The zero-order valence-corrected chi connectivity index (χ0v) is 31.9. The second-order valence-corrected chi connectivity index (χ2v) is 13.2. The molecule has 0 amide bonds. The van der Waals surface area contributed by atoms with E-state index in [9.17, 15) is 4.79 Å². The molecule has 0 heterocycles. The van der Waals surface area contributed by atoms with E-state index in [1.807, 2.05) is 84.9 Å². The second-order valence-electron chi connectivity index (χ2n) is 13.2. The van der Waals surface area contributed by atoms with E-state index < -0.39 is 11.9 Å². The normalized spacial score (nSPS) is 15.7. The number of carbonyl (C=O) groups is 1. The van der Waals surface area contributed by atoms with E-state index in [1.165, 1.54) is 54.4 Å². The molecular weight excluding hydrogens is 804 g/mol. The maximum absolute atomic E-state index is 11.5. The number of carbonyl (C=O) groups excluding carboxylic acids is 1. The molecule has 2 aliphatic carbocycles. The Morgan fingerprint density at radius 2 is 1.31 bits per heavy atom. The number of Topliss-reactive ketones (excluding diaryl/α,β-unsaturated/α-hetero) is 1. The van der Waals surface area contributed by atoms with Gasteiger partial charge in [0, 0.05) is 12.2 Å². The van der Waals surface area contributed by atoms with E-state index in [0.717, 1.165) is 60.1 Å². The minimum absolute atomic E-state index is 0.101. The van der Waals surface area contributed by atoms with Crippen LogP contribution in [0.15, 0.2) is 127 Å². The molecule has 0 spiro atoms. The Kier molecular flexibility index (Phi) is 12.9. The Morgan fingerprint density at radius 1 is 0.725 bits per heavy atom. The summed E-state index contributed by atoms with van der Waals surface area (Å²) in [4.78, 5) is 27.8. The molecule has 0 radical (unpaired) electrons. The molecule has 0 saturated heterocycles. The summed E-state index contributed by atoms with van der Waals surface area (Å²) in [6, 6.07) is 43.0. The zero-order valence-electron chi connectivity index (χ0n) is 29.0. The molecular formula is C45H45O5W-. The Bertz CT molecular complexity index is 1820. The van der Waals surface area contributed by atoms with Crippen LogP contribution >= 0.6 is 0 Å². The van der Waals surface area contributed by atoms with Crippen LogP contribution in [0.25, 0.3) is 0 Å². The SMILES string of the molecule is [CH2-]C(=O)Cc1ccc(COOC(c2ccccc2)(c2ccccc2)C(Oc2ccc3c(c2)CCCC3)OC2CCc3ccccc3C2)cc1.[CH2]=[W]. The molecule has 0 saturated carbocycles. The first-order chi connectivity index (χ1) is 25.1. The van der Waals surface area contributed by atoms with Gasteiger partial charge in [0.1, 0.15) is 12.4 Å². The first kappa shape index (κ1) is 36.7. The van der Waals surface area contributed by atoms with E-state index in [-0.39, 0.29) is 18.5 Å². The van der Waals surface area contributed by atoms with E-state index >= 15 is 0 Å². The minimum atomic E-state index is -1.30. The molecule has 0 aliphatic heterocycles. The van der Waals surface area contributed by atoms with E-state index in [4.69, 9.17) is 19.2 Å². The number of aryl methyl sites for hydroxylation is 3. The van der Waals surface area contributed by atoms with Gasteiger partial charge in [-0.25, -0.2) is 9.78 Å². The number of rotatable bonds is 13. The third-order valence-corrected chi connectivity index (χ3v) is 9.76. The number of fused-ring (bicyclic) bond motifs is 2. The Labute approximate surface area is 313 Å². The van der Waals surface area contributed by atoms with Crippen LogP contribution in [0.3, 0.4) is 0 Å². The van der Waals surface area contributed by atoms with Gasteiger partial charge in [0.25, 0.3) is 0 Å². The fourth-order valence-corrected chi connectivity index (χ4v) is 7.19. The van der Waals surface area contributed by atoms with E-state index in [1.54, 1.807) is 0 Å². The van der Waals surface area contributed by atoms with Crippen molar-refractivity contribution in [2.45, 2.75) is 76.0 Å².